The van der Waals surface area contributed by atoms with E-state index in [-0.39, 0.29) is 22.0 Å². The number of halogens is 1. The van der Waals surface area contributed by atoms with Gasteiger partial charge < -0.3 is 5.11 Å². The summed E-state index contributed by atoms with van der Waals surface area (Å²) in [6, 6.07) is 17.5. The molecular weight excluding hydrogens is 357 g/mol. The smallest absolute Gasteiger partial charge is 0.337 e. The van der Waals surface area contributed by atoms with Crippen LogP contribution in [0.3, 0.4) is 0 Å². The number of hydrogen-bond donors (Lipinski definition) is 2. The van der Waals surface area contributed by atoms with Crippen molar-refractivity contribution >= 4 is 21.7 Å². The highest BCUT2D eigenvalue weighted by Gasteiger charge is 2.18. The highest BCUT2D eigenvalue weighted by Crippen LogP contribution is 2.25. The summed E-state index contributed by atoms with van der Waals surface area (Å²) in [5.41, 5.74) is 1.09. The van der Waals surface area contributed by atoms with E-state index in [1.165, 1.54) is 42.5 Å². The van der Waals surface area contributed by atoms with E-state index in [9.17, 15) is 22.7 Å². The molecule has 0 aliphatic heterocycles. The second-order valence-electron chi connectivity index (χ2n) is 5.49. The number of carbonyl (C=O) groups is 1. The van der Waals surface area contributed by atoms with Crippen molar-refractivity contribution in [3.05, 3.63) is 84.2 Å². The van der Waals surface area contributed by atoms with E-state index >= 15 is 0 Å². The molecule has 0 saturated heterocycles. The van der Waals surface area contributed by atoms with Crippen LogP contribution in [0.1, 0.15) is 10.4 Å². The summed E-state index contributed by atoms with van der Waals surface area (Å²) in [5.74, 6) is -1.62. The number of anilines is 1. The largest absolute Gasteiger partial charge is 0.478 e. The third kappa shape index (κ3) is 3.73. The molecule has 0 heterocycles. The van der Waals surface area contributed by atoms with Crippen LogP contribution in [-0.4, -0.2) is 19.5 Å². The summed E-state index contributed by atoms with van der Waals surface area (Å²) >= 11 is 0. The first-order valence-electron chi connectivity index (χ1n) is 7.58. The minimum absolute atomic E-state index is 0.0211. The van der Waals surface area contributed by atoms with Gasteiger partial charge in [0.25, 0.3) is 10.0 Å². The van der Waals surface area contributed by atoms with Crippen LogP contribution in [0.15, 0.2) is 77.7 Å². The Balaban J connectivity index is 1.97. The maximum absolute atomic E-state index is 13.1. The summed E-state index contributed by atoms with van der Waals surface area (Å²) in [6.07, 6.45) is 0. The molecule has 3 aromatic rings. The van der Waals surface area contributed by atoms with Gasteiger partial charge >= 0.3 is 5.97 Å². The first-order valence-corrected chi connectivity index (χ1v) is 9.06. The van der Waals surface area contributed by atoms with Gasteiger partial charge in [0.15, 0.2) is 0 Å². The molecule has 0 unspecified atom stereocenters. The highest BCUT2D eigenvalue weighted by molar-refractivity contribution is 7.92. The van der Waals surface area contributed by atoms with Crippen LogP contribution in [0.2, 0.25) is 0 Å². The van der Waals surface area contributed by atoms with E-state index in [2.05, 4.69) is 4.72 Å². The minimum atomic E-state index is -4.00. The summed E-state index contributed by atoms with van der Waals surface area (Å²) in [6.45, 7) is 0. The summed E-state index contributed by atoms with van der Waals surface area (Å²) in [5, 5.41) is 9.18. The predicted molar refractivity (Wildman–Crippen MR) is 96.0 cm³/mol. The van der Waals surface area contributed by atoms with Crippen molar-refractivity contribution < 1.29 is 22.7 Å². The van der Waals surface area contributed by atoms with Crippen molar-refractivity contribution in [3.8, 4) is 11.1 Å². The van der Waals surface area contributed by atoms with Gasteiger partial charge in [-0.2, -0.15) is 0 Å². The van der Waals surface area contributed by atoms with E-state index in [0.717, 1.165) is 0 Å². The quantitative estimate of drug-likeness (QED) is 0.710. The van der Waals surface area contributed by atoms with Gasteiger partial charge in [-0.05, 0) is 47.5 Å². The molecule has 3 rings (SSSR count). The zero-order valence-electron chi connectivity index (χ0n) is 13.4. The van der Waals surface area contributed by atoms with E-state index in [4.69, 9.17) is 0 Å². The molecule has 0 aliphatic carbocycles. The summed E-state index contributed by atoms with van der Waals surface area (Å²) in [7, 11) is -4.00. The van der Waals surface area contributed by atoms with Crippen LogP contribution in [-0.2, 0) is 10.0 Å². The first kappa shape index (κ1) is 17.6. The number of hydrogen-bond acceptors (Lipinski definition) is 3. The number of aromatic carboxylic acids is 1. The molecule has 0 spiro atoms. The lowest BCUT2D eigenvalue weighted by Gasteiger charge is -2.11. The van der Waals surface area contributed by atoms with Crippen molar-refractivity contribution in [3.63, 3.8) is 0 Å². The molecule has 0 radical (unpaired) electrons. The molecule has 3 aromatic carbocycles. The standard InChI is InChI=1S/C19H14FNO4S/c20-15-10-8-13(9-11-15)14-4-3-5-16(12-14)26(24,25)21-18-7-2-1-6-17(18)19(22)23/h1-12,21H,(H,22,23). The molecule has 26 heavy (non-hydrogen) atoms. The number of carboxylic acid groups (broad SMARTS) is 1. The van der Waals surface area contributed by atoms with Gasteiger partial charge in [-0.25, -0.2) is 17.6 Å². The Morgan fingerprint density at radius 3 is 2.27 bits per heavy atom. The fourth-order valence-corrected chi connectivity index (χ4v) is 3.57. The van der Waals surface area contributed by atoms with Crippen LogP contribution in [0.5, 0.6) is 0 Å². The lowest BCUT2D eigenvalue weighted by molar-refractivity contribution is 0.0698. The van der Waals surface area contributed by atoms with Gasteiger partial charge in [0.1, 0.15) is 5.82 Å². The molecule has 0 bridgehead atoms. The molecule has 0 amide bonds. The maximum Gasteiger partial charge on any atom is 0.337 e. The lowest BCUT2D eigenvalue weighted by Crippen LogP contribution is -2.15. The van der Waals surface area contributed by atoms with E-state index in [0.29, 0.717) is 11.1 Å². The maximum atomic E-state index is 13.1. The molecule has 0 fully saturated rings. The normalized spacial score (nSPS) is 11.1. The van der Waals surface area contributed by atoms with E-state index in [1.54, 1.807) is 30.3 Å². The Labute approximate surface area is 149 Å². The van der Waals surface area contributed by atoms with Crippen molar-refractivity contribution in [2.75, 3.05) is 4.72 Å². The average Bonchev–Trinajstić information content (AvgIpc) is 2.62. The fraction of sp³-hybridized carbons (Fsp3) is 0. The zero-order chi connectivity index (χ0) is 18.7. The SMILES string of the molecule is O=C(O)c1ccccc1NS(=O)(=O)c1cccc(-c2ccc(F)cc2)c1. The van der Waals surface area contributed by atoms with Gasteiger partial charge in [0, 0.05) is 0 Å². The molecule has 5 nitrogen and oxygen atoms in total. The number of carboxylic acids is 1. The van der Waals surface area contributed by atoms with Crippen molar-refractivity contribution in [1.29, 1.82) is 0 Å². The first-order chi connectivity index (χ1) is 12.4. The van der Waals surface area contributed by atoms with Crippen molar-refractivity contribution in [1.82, 2.24) is 0 Å². The number of benzene rings is 3. The Bertz CT molecular complexity index is 1060. The van der Waals surface area contributed by atoms with Crippen LogP contribution in [0.25, 0.3) is 11.1 Å². The second-order valence-corrected chi connectivity index (χ2v) is 7.17. The molecule has 2 N–H and O–H groups in total. The summed E-state index contributed by atoms with van der Waals surface area (Å²) < 4.78 is 40.7. The fourth-order valence-electron chi connectivity index (χ4n) is 2.45. The van der Waals surface area contributed by atoms with Gasteiger partial charge in [-0.15, -0.1) is 0 Å². The number of rotatable bonds is 5. The lowest BCUT2D eigenvalue weighted by atomic mass is 10.1. The predicted octanol–water partition coefficient (Wildman–Crippen LogP) is 3.99. The molecule has 132 valence electrons. The third-order valence-electron chi connectivity index (χ3n) is 3.72. The van der Waals surface area contributed by atoms with E-state index in [1.807, 2.05) is 0 Å². The minimum Gasteiger partial charge on any atom is -0.478 e. The van der Waals surface area contributed by atoms with Crippen LogP contribution in [0.4, 0.5) is 10.1 Å². The van der Waals surface area contributed by atoms with E-state index < -0.39 is 16.0 Å². The number of sulfonamides is 1. The van der Waals surface area contributed by atoms with Gasteiger partial charge in [-0.1, -0.05) is 36.4 Å². The van der Waals surface area contributed by atoms with Crippen molar-refractivity contribution in [2.24, 2.45) is 0 Å². The molecule has 0 atom stereocenters. The Hall–Kier alpha value is -3.19. The molecule has 0 aliphatic rings. The van der Waals surface area contributed by atoms with Crippen LogP contribution >= 0.6 is 0 Å². The monoisotopic (exact) mass is 371 g/mol. The zero-order valence-corrected chi connectivity index (χ0v) is 14.2. The van der Waals surface area contributed by atoms with Crippen molar-refractivity contribution in [2.45, 2.75) is 4.90 Å². The summed E-state index contributed by atoms with van der Waals surface area (Å²) in [4.78, 5) is 11.2. The Morgan fingerprint density at radius 2 is 1.58 bits per heavy atom. The Morgan fingerprint density at radius 1 is 0.885 bits per heavy atom. The molecule has 7 heteroatoms. The average molecular weight is 371 g/mol. The molecule has 0 saturated carbocycles. The van der Waals surface area contributed by atoms with Gasteiger partial charge in [0.2, 0.25) is 0 Å². The van der Waals surface area contributed by atoms with Gasteiger partial charge in [0.05, 0.1) is 16.1 Å². The van der Waals surface area contributed by atoms with Crippen LogP contribution < -0.4 is 4.72 Å². The van der Waals surface area contributed by atoms with Crippen LogP contribution in [0, 0.1) is 5.82 Å². The number of para-hydroxylation sites is 1. The number of nitrogens with one attached hydrogen (secondary N) is 1. The topological polar surface area (TPSA) is 83.5 Å². The molecule has 0 aromatic heterocycles. The van der Waals surface area contributed by atoms with Gasteiger partial charge in [-0.3, -0.25) is 4.72 Å². The third-order valence-corrected chi connectivity index (χ3v) is 5.09. The Kier molecular flexibility index (Phi) is 4.73. The second kappa shape index (κ2) is 6.97. The highest BCUT2D eigenvalue weighted by atomic mass is 32.2. The molecular formula is C19H14FNO4S.